The summed E-state index contributed by atoms with van der Waals surface area (Å²) in [6.45, 7) is 2.78. The summed E-state index contributed by atoms with van der Waals surface area (Å²) >= 11 is 0. The summed E-state index contributed by atoms with van der Waals surface area (Å²) in [6.07, 6.45) is 2.88. The van der Waals surface area contributed by atoms with Crippen molar-refractivity contribution in [1.82, 2.24) is 0 Å². The van der Waals surface area contributed by atoms with Crippen LogP contribution in [0.5, 0.6) is 0 Å². The minimum Gasteiger partial charge on any atom is -0.418 e. The van der Waals surface area contributed by atoms with Gasteiger partial charge < -0.3 is 21.7 Å². The molecule has 1 rings (SSSR count). The van der Waals surface area contributed by atoms with Gasteiger partial charge in [-0.2, -0.15) is 0 Å². The van der Waals surface area contributed by atoms with Crippen LogP contribution in [-0.4, -0.2) is 38.9 Å². The van der Waals surface area contributed by atoms with Crippen LogP contribution >= 0.6 is 0 Å². The van der Waals surface area contributed by atoms with Crippen molar-refractivity contribution in [2.75, 3.05) is 27.2 Å². The summed E-state index contributed by atoms with van der Waals surface area (Å²) < 4.78 is 40.2. The zero-order valence-electron chi connectivity index (χ0n) is 7.36. The maximum absolute atomic E-state index is 9.75. The minimum absolute atomic E-state index is 1.25. The molecule has 0 bridgehead atoms. The van der Waals surface area contributed by atoms with E-state index in [4.69, 9.17) is 0 Å². The summed E-state index contributed by atoms with van der Waals surface area (Å²) in [4.78, 5) is 0. The lowest BCUT2D eigenvalue weighted by molar-refractivity contribution is -0.877. The number of hydrogen-bond donors (Lipinski definition) is 0. The van der Waals surface area contributed by atoms with E-state index in [1.54, 1.807) is 0 Å². The number of rotatable bonds is 0. The highest BCUT2D eigenvalue weighted by atomic mass is 19.5. The Labute approximate surface area is 70.1 Å². The molecule has 0 unspecified atom stereocenters. The van der Waals surface area contributed by atoms with E-state index in [-0.39, 0.29) is 0 Å². The predicted molar refractivity (Wildman–Crippen MR) is 41.3 cm³/mol. The van der Waals surface area contributed by atoms with Crippen LogP contribution in [-0.2, 0) is 0 Å². The molecule has 0 radical (unpaired) electrons. The summed E-state index contributed by atoms with van der Waals surface area (Å²) in [5.74, 6) is 0. The van der Waals surface area contributed by atoms with Gasteiger partial charge in [-0.25, -0.2) is 0 Å². The van der Waals surface area contributed by atoms with Crippen LogP contribution in [0.25, 0.3) is 0 Å². The van der Waals surface area contributed by atoms with Gasteiger partial charge in [0.25, 0.3) is 0 Å². The summed E-state index contributed by atoms with van der Waals surface area (Å²) in [5, 5.41) is 0. The molecule has 0 aliphatic carbocycles. The lowest BCUT2D eigenvalue weighted by Gasteiger charge is -2.21. The largest absolute Gasteiger partial charge is 0.673 e. The Hall–Kier alpha value is -0.255. The van der Waals surface area contributed by atoms with Gasteiger partial charge in [0.05, 0.1) is 27.2 Å². The fourth-order valence-corrected chi connectivity index (χ4v) is 1.19. The molecule has 1 heterocycles. The van der Waals surface area contributed by atoms with Gasteiger partial charge in [-0.15, -0.1) is 0 Å². The van der Waals surface area contributed by atoms with Gasteiger partial charge >= 0.3 is 7.25 Å². The van der Waals surface area contributed by atoms with E-state index < -0.39 is 7.25 Å². The van der Waals surface area contributed by atoms with Crippen LogP contribution in [0, 0.1) is 0 Å². The summed E-state index contributed by atoms with van der Waals surface area (Å²) in [5.41, 5.74) is 0. The Morgan fingerprint density at radius 1 is 0.917 bits per heavy atom. The quantitative estimate of drug-likeness (QED) is 0.309. The number of halogens is 4. The molecule has 0 N–H and O–H groups in total. The molecule has 6 heteroatoms. The molecule has 0 saturated carbocycles. The molecule has 1 aliphatic rings. The highest BCUT2D eigenvalue weighted by Crippen LogP contribution is 2.11. The van der Waals surface area contributed by atoms with E-state index in [2.05, 4.69) is 14.1 Å². The third kappa shape index (κ3) is 9.74. The van der Waals surface area contributed by atoms with Gasteiger partial charge in [0.2, 0.25) is 0 Å². The van der Waals surface area contributed by atoms with Crippen LogP contribution in [0.15, 0.2) is 0 Å². The summed E-state index contributed by atoms with van der Waals surface area (Å²) in [7, 11) is -1.40. The van der Waals surface area contributed by atoms with Crippen LogP contribution in [0.4, 0.5) is 17.3 Å². The van der Waals surface area contributed by atoms with E-state index in [0.29, 0.717) is 0 Å². The van der Waals surface area contributed by atoms with Crippen molar-refractivity contribution < 1.29 is 21.7 Å². The van der Waals surface area contributed by atoms with Crippen molar-refractivity contribution in [3.05, 3.63) is 0 Å². The van der Waals surface area contributed by atoms with Gasteiger partial charge in [0.15, 0.2) is 0 Å². The van der Waals surface area contributed by atoms with E-state index in [1.807, 2.05) is 0 Å². The zero-order chi connectivity index (χ0) is 9.83. The average Bonchev–Trinajstić information content (AvgIpc) is 2.08. The Balaban J connectivity index is 0.000000217. The van der Waals surface area contributed by atoms with Crippen LogP contribution in [0.2, 0.25) is 0 Å². The van der Waals surface area contributed by atoms with E-state index in [1.165, 1.54) is 30.4 Å². The number of likely N-dealkylation sites (tertiary alicyclic amines) is 1. The first-order chi connectivity index (χ1) is 5.21. The fourth-order valence-electron chi connectivity index (χ4n) is 1.19. The van der Waals surface area contributed by atoms with Crippen molar-refractivity contribution in [2.24, 2.45) is 0 Å². The second kappa shape index (κ2) is 4.12. The molecule has 12 heavy (non-hydrogen) atoms. The Bertz CT molecular complexity index is 120. The predicted octanol–water partition coefficient (Wildman–Crippen LogP) is 2.16. The molecule has 1 fully saturated rings. The van der Waals surface area contributed by atoms with Gasteiger partial charge in [0, 0.05) is 12.8 Å². The molecule has 0 amide bonds. The smallest absolute Gasteiger partial charge is 0.418 e. The Kier molecular flexibility index (Phi) is 4.03. The topological polar surface area (TPSA) is 0 Å². The molecule has 0 aromatic carbocycles. The first-order valence-corrected chi connectivity index (χ1v) is 3.90. The van der Waals surface area contributed by atoms with Crippen LogP contribution in [0.1, 0.15) is 12.8 Å². The highest BCUT2D eigenvalue weighted by molar-refractivity contribution is 6.50. The third-order valence-corrected chi connectivity index (χ3v) is 1.78. The van der Waals surface area contributed by atoms with Gasteiger partial charge in [-0.3, -0.25) is 0 Å². The molecule has 1 aliphatic heterocycles. The Morgan fingerprint density at radius 3 is 1.25 bits per heavy atom. The average molecular weight is 187 g/mol. The minimum atomic E-state index is -6.00. The molecule has 0 atom stereocenters. The van der Waals surface area contributed by atoms with Crippen molar-refractivity contribution in [1.29, 1.82) is 0 Å². The molecule has 1 saturated heterocycles. The standard InChI is InChI=1S/C6H14N.BF4/c1-7(2)5-3-4-6-7;2-1(3,4)5/h3-6H2,1-2H3;/q+1;-1. The normalized spacial score (nSPS) is 21.5. The molecule has 74 valence electrons. The molecular formula is C6H14BF4N. The number of quaternary nitrogens is 1. The molecule has 1 nitrogen and oxygen atoms in total. The Morgan fingerprint density at radius 2 is 1.17 bits per heavy atom. The highest BCUT2D eigenvalue weighted by Gasteiger charge is 2.20. The molecular weight excluding hydrogens is 173 g/mol. The van der Waals surface area contributed by atoms with Crippen LogP contribution in [0.3, 0.4) is 0 Å². The zero-order valence-corrected chi connectivity index (χ0v) is 7.36. The van der Waals surface area contributed by atoms with Gasteiger partial charge in [-0.1, -0.05) is 0 Å². The lowest BCUT2D eigenvalue weighted by atomic mass is 10.3. The molecule has 0 aromatic heterocycles. The number of hydrogen-bond acceptors (Lipinski definition) is 0. The van der Waals surface area contributed by atoms with Gasteiger partial charge in [-0.05, 0) is 0 Å². The maximum Gasteiger partial charge on any atom is 0.673 e. The van der Waals surface area contributed by atoms with Crippen molar-refractivity contribution >= 4 is 7.25 Å². The van der Waals surface area contributed by atoms with Gasteiger partial charge in [0.1, 0.15) is 0 Å². The second-order valence-electron chi connectivity index (χ2n) is 3.58. The third-order valence-electron chi connectivity index (χ3n) is 1.78. The molecule has 0 spiro atoms. The van der Waals surface area contributed by atoms with Crippen molar-refractivity contribution in [2.45, 2.75) is 12.8 Å². The SMILES string of the molecule is C[N+]1(C)CCCC1.F[B-](F)(F)F. The first-order valence-electron chi connectivity index (χ1n) is 3.90. The summed E-state index contributed by atoms with van der Waals surface area (Å²) in [6, 6.07) is 0. The van der Waals surface area contributed by atoms with Crippen molar-refractivity contribution in [3.8, 4) is 0 Å². The van der Waals surface area contributed by atoms with E-state index in [0.717, 1.165) is 0 Å². The van der Waals surface area contributed by atoms with E-state index in [9.17, 15) is 17.3 Å². The number of nitrogens with zero attached hydrogens (tertiary/aromatic N) is 1. The second-order valence-corrected chi connectivity index (χ2v) is 3.58. The van der Waals surface area contributed by atoms with Crippen LogP contribution < -0.4 is 0 Å². The lowest BCUT2D eigenvalue weighted by Crippen LogP contribution is -2.35. The fraction of sp³-hybridized carbons (Fsp3) is 1.00. The van der Waals surface area contributed by atoms with Crippen molar-refractivity contribution in [3.63, 3.8) is 0 Å². The maximum atomic E-state index is 9.75. The van der Waals surface area contributed by atoms with E-state index >= 15 is 0 Å². The first kappa shape index (κ1) is 11.7. The molecule has 0 aromatic rings. The monoisotopic (exact) mass is 187 g/mol.